The lowest BCUT2D eigenvalue weighted by Crippen LogP contribution is -2.28. The Morgan fingerprint density at radius 2 is 2.12 bits per heavy atom. The quantitative estimate of drug-likeness (QED) is 0.821. The second kappa shape index (κ2) is 5.19. The maximum absolute atomic E-state index is 5.82. The molecule has 1 fully saturated rings. The van der Waals surface area contributed by atoms with E-state index in [0.717, 1.165) is 11.6 Å². The number of hydrogen-bond acceptors (Lipinski definition) is 3. The van der Waals surface area contributed by atoms with Gasteiger partial charge in [0.15, 0.2) is 0 Å². The van der Waals surface area contributed by atoms with Gasteiger partial charge in [0.2, 0.25) is 0 Å². The number of anilines is 2. The van der Waals surface area contributed by atoms with Gasteiger partial charge in [0, 0.05) is 12.2 Å². The van der Waals surface area contributed by atoms with Gasteiger partial charge < -0.3 is 11.1 Å². The van der Waals surface area contributed by atoms with Gasteiger partial charge >= 0.3 is 0 Å². The zero-order chi connectivity index (χ0) is 11.4. The topological polar surface area (TPSA) is 50.9 Å². The average molecular weight is 219 g/mol. The number of hydrogen-bond donors (Lipinski definition) is 2. The molecule has 1 aliphatic carbocycles. The number of nitrogens with two attached hydrogens (primary N) is 1. The van der Waals surface area contributed by atoms with Crippen LogP contribution in [0.15, 0.2) is 18.3 Å². The lowest BCUT2D eigenvalue weighted by molar-refractivity contribution is 0.328. The number of nitrogens with zero attached hydrogens (tertiary/aromatic N) is 1. The molecule has 88 valence electrons. The van der Waals surface area contributed by atoms with E-state index in [1.165, 1.54) is 32.1 Å². The normalized spacial score (nSPS) is 19.3. The highest BCUT2D eigenvalue weighted by Gasteiger charge is 2.20. The minimum atomic E-state index is 0.492. The Labute approximate surface area is 97.5 Å². The highest BCUT2D eigenvalue weighted by atomic mass is 15.0. The van der Waals surface area contributed by atoms with Crippen LogP contribution < -0.4 is 11.1 Å². The SMILES string of the molecule is CC(Nc1cccnc1N)C1CCCCC1. The largest absolute Gasteiger partial charge is 0.382 e. The highest BCUT2D eigenvalue weighted by Crippen LogP contribution is 2.28. The molecular weight excluding hydrogens is 198 g/mol. The molecule has 16 heavy (non-hydrogen) atoms. The molecule has 1 aromatic rings. The first-order chi connectivity index (χ1) is 7.77. The van der Waals surface area contributed by atoms with Crippen molar-refractivity contribution in [2.75, 3.05) is 11.1 Å². The average Bonchev–Trinajstić information content (AvgIpc) is 2.33. The van der Waals surface area contributed by atoms with Gasteiger partial charge in [0.05, 0.1) is 5.69 Å². The van der Waals surface area contributed by atoms with Crippen molar-refractivity contribution in [3.63, 3.8) is 0 Å². The van der Waals surface area contributed by atoms with Crippen molar-refractivity contribution < 1.29 is 0 Å². The van der Waals surface area contributed by atoms with E-state index in [0.29, 0.717) is 11.9 Å². The Morgan fingerprint density at radius 1 is 1.38 bits per heavy atom. The van der Waals surface area contributed by atoms with Gasteiger partial charge in [-0.15, -0.1) is 0 Å². The van der Waals surface area contributed by atoms with Crippen LogP contribution in [-0.4, -0.2) is 11.0 Å². The van der Waals surface area contributed by atoms with Crippen molar-refractivity contribution in [1.29, 1.82) is 0 Å². The summed E-state index contributed by atoms with van der Waals surface area (Å²) in [5, 5.41) is 3.49. The van der Waals surface area contributed by atoms with E-state index < -0.39 is 0 Å². The van der Waals surface area contributed by atoms with Crippen molar-refractivity contribution in [1.82, 2.24) is 4.98 Å². The lowest BCUT2D eigenvalue weighted by atomic mass is 9.84. The summed E-state index contributed by atoms with van der Waals surface area (Å²) in [4.78, 5) is 4.09. The molecule has 3 heteroatoms. The molecule has 1 aromatic heterocycles. The number of aromatic nitrogens is 1. The van der Waals surface area contributed by atoms with Crippen molar-refractivity contribution in [3.05, 3.63) is 18.3 Å². The van der Waals surface area contributed by atoms with Crippen LogP contribution in [0, 0.1) is 5.92 Å². The van der Waals surface area contributed by atoms with Crippen LogP contribution in [0.2, 0.25) is 0 Å². The van der Waals surface area contributed by atoms with E-state index in [1.54, 1.807) is 6.20 Å². The van der Waals surface area contributed by atoms with Crippen LogP contribution in [-0.2, 0) is 0 Å². The summed E-state index contributed by atoms with van der Waals surface area (Å²) >= 11 is 0. The second-order valence-corrected chi connectivity index (χ2v) is 4.77. The summed E-state index contributed by atoms with van der Waals surface area (Å²) in [6.45, 7) is 2.25. The molecule has 0 saturated heterocycles. The Morgan fingerprint density at radius 3 is 2.81 bits per heavy atom. The van der Waals surface area contributed by atoms with Crippen molar-refractivity contribution in [2.45, 2.75) is 45.1 Å². The predicted octanol–water partition coefficient (Wildman–Crippen LogP) is 3.04. The van der Waals surface area contributed by atoms with E-state index in [4.69, 9.17) is 5.73 Å². The van der Waals surface area contributed by atoms with Crippen molar-refractivity contribution in [2.24, 2.45) is 5.92 Å². The van der Waals surface area contributed by atoms with E-state index in [1.807, 2.05) is 12.1 Å². The first-order valence-electron chi connectivity index (χ1n) is 6.24. The molecule has 0 amide bonds. The molecule has 1 unspecified atom stereocenters. The van der Waals surface area contributed by atoms with Gasteiger partial charge in [0.1, 0.15) is 5.82 Å². The summed E-state index contributed by atoms with van der Waals surface area (Å²) in [5.41, 5.74) is 6.80. The number of pyridine rings is 1. The molecular formula is C13H21N3. The first kappa shape index (κ1) is 11.2. The van der Waals surface area contributed by atoms with Crippen LogP contribution in [0.5, 0.6) is 0 Å². The molecule has 0 spiro atoms. The molecule has 1 atom stereocenters. The number of rotatable bonds is 3. The van der Waals surface area contributed by atoms with E-state index in [-0.39, 0.29) is 0 Å². The molecule has 0 radical (unpaired) electrons. The molecule has 1 saturated carbocycles. The van der Waals surface area contributed by atoms with Gasteiger partial charge in [-0.2, -0.15) is 0 Å². The Kier molecular flexibility index (Phi) is 3.65. The standard InChI is InChI=1S/C13H21N3/c1-10(11-6-3-2-4-7-11)16-12-8-5-9-15-13(12)14/h5,8-11,16H,2-4,6-7H2,1H3,(H2,14,15). The van der Waals surface area contributed by atoms with Crippen molar-refractivity contribution in [3.8, 4) is 0 Å². The van der Waals surface area contributed by atoms with Crippen LogP contribution in [0.3, 0.4) is 0 Å². The summed E-state index contributed by atoms with van der Waals surface area (Å²) < 4.78 is 0. The fourth-order valence-corrected chi connectivity index (χ4v) is 2.54. The molecule has 0 bridgehead atoms. The van der Waals surface area contributed by atoms with Crippen LogP contribution in [0.1, 0.15) is 39.0 Å². The monoisotopic (exact) mass is 219 g/mol. The molecule has 1 aliphatic rings. The molecule has 2 rings (SSSR count). The summed E-state index contributed by atoms with van der Waals surface area (Å²) in [5.74, 6) is 1.39. The third-order valence-electron chi connectivity index (χ3n) is 3.58. The Balaban J connectivity index is 1.96. The fourth-order valence-electron chi connectivity index (χ4n) is 2.54. The molecule has 0 aliphatic heterocycles. The summed E-state index contributed by atoms with van der Waals surface area (Å²) in [7, 11) is 0. The first-order valence-corrected chi connectivity index (χ1v) is 6.24. The van der Waals surface area contributed by atoms with Gasteiger partial charge in [-0.25, -0.2) is 4.98 Å². The van der Waals surface area contributed by atoms with E-state index in [2.05, 4.69) is 17.2 Å². The van der Waals surface area contributed by atoms with Crippen molar-refractivity contribution >= 4 is 11.5 Å². The Bertz CT molecular complexity index is 332. The van der Waals surface area contributed by atoms with Crippen LogP contribution >= 0.6 is 0 Å². The second-order valence-electron chi connectivity index (χ2n) is 4.77. The molecule has 1 heterocycles. The van der Waals surface area contributed by atoms with Gasteiger partial charge in [-0.1, -0.05) is 19.3 Å². The summed E-state index contributed by atoms with van der Waals surface area (Å²) in [6.07, 6.45) is 8.56. The smallest absolute Gasteiger partial charge is 0.146 e. The van der Waals surface area contributed by atoms with Crippen LogP contribution in [0.4, 0.5) is 11.5 Å². The van der Waals surface area contributed by atoms with Gasteiger partial charge in [-0.3, -0.25) is 0 Å². The molecule has 0 aromatic carbocycles. The lowest BCUT2D eigenvalue weighted by Gasteiger charge is -2.29. The summed E-state index contributed by atoms with van der Waals surface area (Å²) in [6, 6.07) is 4.42. The predicted molar refractivity (Wildman–Crippen MR) is 68.3 cm³/mol. The minimum Gasteiger partial charge on any atom is -0.382 e. The Hall–Kier alpha value is -1.25. The van der Waals surface area contributed by atoms with E-state index >= 15 is 0 Å². The number of nitrogens with one attached hydrogen (secondary N) is 1. The zero-order valence-electron chi connectivity index (χ0n) is 9.95. The third kappa shape index (κ3) is 2.65. The van der Waals surface area contributed by atoms with E-state index in [9.17, 15) is 0 Å². The zero-order valence-corrected chi connectivity index (χ0v) is 9.95. The fraction of sp³-hybridized carbons (Fsp3) is 0.615. The third-order valence-corrected chi connectivity index (χ3v) is 3.58. The highest BCUT2D eigenvalue weighted by molar-refractivity contribution is 5.61. The van der Waals surface area contributed by atoms with Gasteiger partial charge in [-0.05, 0) is 37.8 Å². The van der Waals surface area contributed by atoms with Crippen LogP contribution in [0.25, 0.3) is 0 Å². The van der Waals surface area contributed by atoms with Gasteiger partial charge in [0.25, 0.3) is 0 Å². The molecule has 3 N–H and O–H groups in total. The minimum absolute atomic E-state index is 0.492. The number of nitrogen functional groups attached to an aromatic ring is 1. The maximum atomic E-state index is 5.82. The maximum Gasteiger partial charge on any atom is 0.146 e. The molecule has 3 nitrogen and oxygen atoms in total.